The predicted molar refractivity (Wildman–Crippen MR) is 137 cm³/mol. The second kappa shape index (κ2) is 8.67. The summed E-state index contributed by atoms with van der Waals surface area (Å²) in [5.41, 5.74) is 12.4. The Morgan fingerprint density at radius 1 is 1.15 bits per heavy atom. The van der Waals surface area contributed by atoms with E-state index in [0.29, 0.717) is 11.6 Å². The maximum Gasteiger partial charge on any atom is 0.321 e. The van der Waals surface area contributed by atoms with Crippen LogP contribution in [0.1, 0.15) is 16.8 Å². The molecule has 0 saturated heterocycles. The second-order valence-electron chi connectivity index (χ2n) is 7.99. The number of rotatable bonds is 4. The average molecular weight is 478 g/mol. The van der Waals surface area contributed by atoms with Crippen LogP contribution in [-0.4, -0.2) is 16.5 Å². The summed E-state index contributed by atoms with van der Waals surface area (Å²) >= 11 is 8.18. The molecule has 4 aromatic rings. The van der Waals surface area contributed by atoms with E-state index < -0.39 is 0 Å². The number of para-hydroxylation sites is 2. The number of carbonyl (C=O) groups excluding carboxylic acids is 1. The minimum atomic E-state index is -0.382. The molecule has 1 aromatic heterocycles. The van der Waals surface area contributed by atoms with Crippen molar-refractivity contribution < 1.29 is 4.79 Å². The number of halogens is 1. The van der Waals surface area contributed by atoms with Crippen molar-refractivity contribution in [1.82, 2.24) is 10.3 Å². The quantitative estimate of drug-likeness (QED) is 0.280. The Morgan fingerprint density at radius 3 is 2.79 bits per heavy atom. The molecule has 168 valence electrons. The number of anilines is 3. The highest BCUT2D eigenvalue weighted by Gasteiger charge is 2.34. The zero-order valence-electron chi connectivity index (χ0n) is 18.3. The fourth-order valence-corrected chi connectivity index (χ4v) is 5.66. The zero-order valence-corrected chi connectivity index (χ0v) is 19.8. The van der Waals surface area contributed by atoms with E-state index in [2.05, 4.69) is 22.5 Å². The van der Waals surface area contributed by atoms with Gasteiger partial charge in [-0.1, -0.05) is 47.6 Å². The second-order valence-corrected chi connectivity index (χ2v) is 9.52. The van der Waals surface area contributed by atoms with Gasteiger partial charge in [0, 0.05) is 33.7 Å². The number of hydrogen-bond donors (Lipinski definition) is 4. The summed E-state index contributed by atoms with van der Waals surface area (Å²) in [4.78, 5) is 19.5. The number of H-pyrrole nitrogens is 1. The molecule has 6 nitrogen and oxygen atoms in total. The van der Waals surface area contributed by atoms with Crippen molar-refractivity contribution in [2.75, 3.05) is 10.2 Å². The van der Waals surface area contributed by atoms with Crippen LogP contribution in [0.3, 0.4) is 0 Å². The lowest BCUT2D eigenvalue weighted by Gasteiger charge is -2.30. The largest absolute Gasteiger partial charge is 0.358 e. The molecular formula is C25H24ClN5OS. The van der Waals surface area contributed by atoms with Crippen LogP contribution < -0.4 is 21.3 Å². The number of nitrogens with two attached hydrogens (primary N) is 1. The van der Waals surface area contributed by atoms with E-state index >= 15 is 0 Å². The summed E-state index contributed by atoms with van der Waals surface area (Å²) in [5, 5.41) is 7.76. The molecule has 1 aliphatic heterocycles. The number of aryl methyl sites for hydroxylation is 2. The summed E-state index contributed by atoms with van der Waals surface area (Å²) in [6.45, 7) is 4.46. The van der Waals surface area contributed by atoms with Gasteiger partial charge in [0.15, 0.2) is 5.50 Å². The van der Waals surface area contributed by atoms with Gasteiger partial charge in [0.2, 0.25) is 0 Å². The van der Waals surface area contributed by atoms with Crippen molar-refractivity contribution in [3.63, 3.8) is 0 Å². The number of nitrogens with one attached hydrogen (secondary N) is 3. The van der Waals surface area contributed by atoms with Crippen LogP contribution in [0.2, 0.25) is 5.02 Å². The van der Waals surface area contributed by atoms with Crippen molar-refractivity contribution in [3.05, 3.63) is 82.5 Å². The van der Waals surface area contributed by atoms with Gasteiger partial charge in [0.05, 0.1) is 16.4 Å². The van der Waals surface area contributed by atoms with Gasteiger partial charge in [-0.25, -0.2) is 4.79 Å². The minimum absolute atomic E-state index is 0.295. The van der Waals surface area contributed by atoms with Gasteiger partial charge in [0.25, 0.3) is 0 Å². The van der Waals surface area contributed by atoms with Gasteiger partial charge in [-0.05, 0) is 61.4 Å². The van der Waals surface area contributed by atoms with Gasteiger partial charge in [-0.15, -0.1) is 0 Å². The highest BCUT2D eigenvalue weighted by Crippen LogP contribution is 2.49. The smallest absolute Gasteiger partial charge is 0.321 e. The third-order valence-electron chi connectivity index (χ3n) is 5.95. The summed E-state index contributed by atoms with van der Waals surface area (Å²) in [7, 11) is 0. The van der Waals surface area contributed by atoms with E-state index in [1.165, 1.54) is 5.56 Å². The van der Waals surface area contributed by atoms with Crippen LogP contribution in [0.4, 0.5) is 21.9 Å². The Labute approximate surface area is 201 Å². The fourth-order valence-electron chi connectivity index (χ4n) is 4.20. The SMILES string of the molecule is Cc1[nH]c2ccc(NC(=O)NC3Sc4ccccc4N3c3c(Cl)cccc3CN)cc2c1C. The van der Waals surface area contributed by atoms with E-state index in [1.54, 1.807) is 11.8 Å². The first kappa shape index (κ1) is 21.7. The number of urea groups is 1. The Morgan fingerprint density at radius 2 is 1.97 bits per heavy atom. The van der Waals surface area contributed by atoms with E-state index in [0.717, 1.165) is 44.1 Å². The molecule has 3 aromatic carbocycles. The molecule has 1 unspecified atom stereocenters. The lowest BCUT2D eigenvalue weighted by molar-refractivity contribution is 0.251. The van der Waals surface area contributed by atoms with Crippen molar-refractivity contribution in [3.8, 4) is 0 Å². The van der Waals surface area contributed by atoms with Gasteiger partial charge < -0.3 is 26.3 Å². The Bertz CT molecular complexity index is 1370. The van der Waals surface area contributed by atoms with Crippen molar-refractivity contribution >= 4 is 57.4 Å². The van der Waals surface area contributed by atoms with Crippen LogP contribution in [0.25, 0.3) is 10.9 Å². The van der Waals surface area contributed by atoms with E-state index in [1.807, 2.05) is 72.5 Å². The number of fused-ring (bicyclic) bond motifs is 2. The highest BCUT2D eigenvalue weighted by atomic mass is 35.5. The lowest BCUT2D eigenvalue weighted by Crippen LogP contribution is -2.44. The zero-order chi connectivity index (χ0) is 23.1. The molecule has 1 atom stereocenters. The topological polar surface area (TPSA) is 86.2 Å². The molecule has 1 aliphatic rings. The summed E-state index contributed by atoms with van der Waals surface area (Å²) in [5.74, 6) is 0. The molecule has 5 N–H and O–H groups in total. The maximum absolute atomic E-state index is 13.0. The van der Waals surface area contributed by atoms with Crippen molar-refractivity contribution in [2.24, 2.45) is 5.73 Å². The Balaban J connectivity index is 1.44. The minimum Gasteiger partial charge on any atom is -0.358 e. The number of hydrogen-bond acceptors (Lipinski definition) is 4. The standard InChI is InChI=1S/C25H24ClN5OS/c1-14-15(2)28-20-11-10-17(12-18(14)20)29-24(32)30-25-31(21-8-3-4-9-22(21)33-25)23-16(13-27)6-5-7-19(23)26/h3-12,25,28H,13,27H2,1-2H3,(H2,29,30,32). The average Bonchev–Trinajstić information content (AvgIpc) is 3.30. The molecule has 0 saturated carbocycles. The number of aromatic nitrogens is 1. The molecule has 2 amide bonds. The number of amides is 2. The third-order valence-corrected chi connectivity index (χ3v) is 7.41. The van der Waals surface area contributed by atoms with Crippen molar-refractivity contribution in [1.29, 1.82) is 0 Å². The number of benzene rings is 3. The first-order chi connectivity index (χ1) is 16.0. The monoisotopic (exact) mass is 477 g/mol. The van der Waals surface area contributed by atoms with Gasteiger partial charge in [0.1, 0.15) is 0 Å². The summed E-state index contributed by atoms with van der Waals surface area (Å²) < 4.78 is 0. The van der Waals surface area contributed by atoms with Gasteiger partial charge >= 0.3 is 6.03 Å². The first-order valence-electron chi connectivity index (χ1n) is 10.6. The van der Waals surface area contributed by atoms with Crippen LogP contribution in [0, 0.1) is 13.8 Å². The summed E-state index contributed by atoms with van der Waals surface area (Å²) in [6.07, 6.45) is 0. The van der Waals surface area contributed by atoms with Gasteiger partial charge in [-0.2, -0.15) is 0 Å². The van der Waals surface area contributed by atoms with Crippen LogP contribution >= 0.6 is 23.4 Å². The van der Waals surface area contributed by atoms with Crippen molar-refractivity contribution in [2.45, 2.75) is 30.8 Å². The number of carbonyl (C=O) groups is 1. The molecule has 5 rings (SSSR count). The Hall–Kier alpha value is -3.13. The Kier molecular flexibility index (Phi) is 5.70. The van der Waals surface area contributed by atoms with Gasteiger partial charge in [-0.3, -0.25) is 0 Å². The molecule has 0 radical (unpaired) electrons. The van der Waals surface area contributed by atoms with E-state index in [-0.39, 0.29) is 11.5 Å². The maximum atomic E-state index is 13.0. The van der Waals surface area contributed by atoms with Crippen LogP contribution in [0.15, 0.2) is 65.6 Å². The molecule has 0 spiro atoms. The number of nitrogens with zero attached hydrogens (tertiary/aromatic N) is 1. The van der Waals surface area contributed by atoms with E-state index in [9.17, 15) is 4.79 Å². The summed E-state index contributed by atoms with van der Waals surface area (Å²) in [6, 6.07) is 19.3. The fraction of sp³-hybridized carbons (Fsp3) is 0.160. The molecule has 33 heavy (non-hydrogen) atoms. The lowest BCUT2D eigenvalue weighted by atomic mass is 10.1. The van der Waals surface area contributed by atoms with Crippen LogP contribution in [-0.2, 0) is 6.54 Å². The number of thioether (sulfide) groups is 1. The highest BCUT2D eigenvalue weighted by molar-refractivity contribution is 8.00. The van der Waals surface area contributed by atoms with Crippen LogP contribution in [0.5, 0.6) is 0 Å². The van der Waals surface area contributed by atoms with E-state index in [4.69, 9.17) is 17.3 Å². The molecule has 2 heterocycles. The first-order valence-corrected chi connectivity index (χ1v) is 11.9. The number of aromatic amines is 1. The predicted octanol–water partition coefficient (Wildman–Crippen LogP) is 6.25. The molecule has 0 bridgehead atoms. The molecule has 0 fully saturated rings. The third kappa shape index (κ3) is 3.93. The molecule has 0 aliphatic carbocycles. The molecular weight excluding hydrogens is 454 g/mol. The molecule has 8 heteroatoms. The normalized spacial score (nSPS) is 15.0.